The van der Waals surface area contributed by atoms with Crippen LogP contribution in [-0.4, -0.2) is 12.4 Å². The summed E-state index contributed by atoms with van der Waals surface area (Å²) in [6.45, 7) is 0.951. The molecule has 0 unspecified atom stereocenters. The first-order valence-corrected chi connectivity index (χ1v) is 5.97. The zero-order valence-electron chi connectivity index (χ0n) is 7.56. The van der Waals surface area contributed by atoms with E-state index in [1.165, 1.54) is 0 Å². The van der Waals surface area contributed by atoms with Crippen LogP contribution in [0, 0.1) is 3.57 Å². The zero-order chi connectivity index (χ0) is 9.97. The molecule has 4 heteroatoms. The number of benzene rings is 1. The predicted molar refractivity (Wildman–Crippen MR) is 69.3 cm³/mol. The zero-order valence-corrected chi connectivity index (χ0v) is 10.5. The van der Waals surface area contributed by atoms with Crippen molar-refractivity contribution in [1.82, 2.24) is 0 Å². The normalized spacial score (nSPS) is 15.4. The van der Waals surface area contributed by atoms with Gasteiger partial charge < -0.3 is 5.32 Å². The van der Waals surface area contributed by atoms with Crippen LogP contribution in [-0.2, 0) is 0 Å². The molecule has 0 aromatic heterocycles. The molecule has 0 radical (unpaired) electrons. The molecule has 0 spiro atoms. The number of nitrogens with zero attached hydrogens (tertiary/aromatic N) is 1. The summed E-state index contributed by atoms with van der Waals surface area (Å²) in [6, 6.07) is 5.83. The van der Waals surface area contributed by atoms with Gasteiger partial charge in [-0.2, -0.15) is 0 Å². The smallest absolute Gasteiger partial charge is 0.101 e. The Kier molecular flexibility index (Phi) is 3.28. The molecule has 1 aromatic rings. The summed E-state index contributed by atoms with van der Waals surface area (Å²) >= 11 is 8.14. The van der Waals surface area contributed by atoms with Gasteiger partial charge in [-0.3, -0.25) is 4.99 Å². The van der Waals surface area contributed by atoms with Crippen molar-refractivity contribution >= 4 is 45.7 Å². The minimum absolute atomic E-state index is 0.772. The first-order valence-electron chi connectivity index (χ1n) is 4.51. The van der Waals surface area contributed by atoms with E-state index in [4.69, 9.17) is 11.6 Å². The van der Waals surface area contributed by atoms with Gasteiger partial charge in [0.05, 0.1) is 5.69 Å². The van der Waals surface area contributed by atoms with Crippen LogP contribution >= 0.6 is 34.2 Å². The lowest BCUT2D eigenvalue weighted by Gasteiger charge is -2.07. The molecule has 0 atom stereocenters. The van der Waals surface area contributed by atoms with E-state index in [0.717, 1.165) is 39.5 Å². The van der Waals surface area contributed by atoms with Gasteiger partial charge >= 0.3 is 0 Å². The molecule has 1 aliphatic heterocycles. The molecule has 1 aliphatic rings. The Hall–Kier alpha value is -0.290. The van der Waals surface area contributed by atoms with Gasteiger partial charge in [0.1, 0.15) is 5.84 Å². The first kappa shape index (κ1) is 10.2. The van der Waals surface area contributed by atoms with Crippen LogP contribution in [0.15, 0.2) is 23.2 Å². The standard InChI is InChI=1S/C10H10ClIN2/c11-7-3-4-9(8(12)6-7)14-10-2-1-5-13-10/h3-4,6H,1-2,5H2,(H,13,14). The van der Waals surface area contributed by atoms with E-state index in [-0.39, 0.29) is 0 Å². The Morgan fingerprint density at radius 1 is 1.43 bits per heavy atom. The van der Waals surface area contributed by atoms with Crippen LogP contribution in [0.2, 0.25) is 5.02 Å². The monoisotopic (exact) mass is 320 g/mol. The molecule has 0 aliphatic carbocycles. The largest absolute Gasteiger partial charge is 0.343 e. The summed E-state index contributed by atoms with van der Waals surface area (Å²) in [5.41, 5.74) is 1.09. The Morgan fingerprint density at radius 3 is 2.93 bits per heavy atom. The molecule has 1 aromatic carbocycles. The topological polar surface area (TPSA) is 24.4 Å². The molecule has 1 heterocycles. The fourth-order valence-electron chi connectivity index (χ4n) is 1.39. The number of anilines is 1. The highest BCUT2D eigenvalue weighted by Crippen LogP contribution is 2.23. The minimum atomic E-state index is 0.772. The van der Waals surface area contributed by atoms with Gasteiger partial charge in [-0.05, 0) is 47.2 Å². The second-order valence-corrected chi connectivity index (χ2v) is 4.78. The predicted octanol–water partition coefficient (Wildman–Crippen LogP) is 3.55. The van der Waals surface area contributed by atoms with E-state index in [9.17, 15) is 0 Å². The molecule has 0 bridgehead atoms. The number of hydrogen-bond donors (Lipinski definition) is 1. The highest BCUT2D eigenvalue weighted by atomic mass is 127. The van der Waals surface area contributed by atoms with Crippen LogP contribution in [0.3, 0.4) is 0 Å². The van der Waals surface area contributed by atoms with Gasteiger partial charge in [0.15, 0.2) is 0 Å². The number of hydrogen-bond acceptors (Lipinski definition) is 2. The first-order chi connectivity index (χ1) is 6.75. The summed E-state index contributed by atoms with van der Waals surface area (Å²) in [7, 11) is 0. The average Bonchev–Trinajstić information content (AvgIpc) is 2.62. The molecule has 14 heavy (non-hydrogen) atoms. The van der Waals surface area contributed by atoms with Crippen molar-refractivity contribution in [3.05, 3.63) is 26.8 Å². The molecule has 0 saturated heterocycles. The fourth-order valence-corrected chi connectivity index (χ4v) is 2.39. The van der Waals surface area contributed by atoms with E-state index >= 15 is 0 Å². The van der Waals surface area contributed by atoms with Gasteiger partial charge in [-0.25, -0.2) is 0 Å². The van der Waals surface area contributed by atoms with Crippen molar-refractivity contribution in [2.75, 3.05) is 11.9 Å². The van der Waals surface area contributed by atoms with E-state index in [1.54, 1.807) is 0 Å². The summed E-state index contributed by atoms with van der Waals surface area (Å²) in [5.74, 6) is 1.09. The molecule has 0 saturated carbocycles. The second-order valence-electron chi connectivity index (χ2n) is 3.18. The lowest BCUT2D eigenvalue weighted by Crippen LogP contribution is -2.09. The van der Waals surface area contributed by atoms with Gasteiger partial charge in [0, 0.05) is 21.6 Å². The maximum Gasteiger partial charge on any atom is 0.101 e. The SMILES string of the molecule is Clc1ccc(NC2=NCCC2)c(I)c1. The Bertz CT molecular complexity index is 376. The van der Waals surface area contributed by atoms with Crippen LogP contribution in [0.1, 0.15) is 12.8 Å². The third-order valence-electron chi connectivity index (χ3n) is 2.08. The van der Waals surface area contributed by atoms with Crippen molar-refractivity contribution in [3.63, 3.8) is 0 Å². The van der Waals surface area contributed by atoms with Crippen LogP contribution in [0.4, 0.5) is 5.69 Å². The third kappa shape index (κ3) is 2.39. The minimum Gasteiger partial charge on any atom is -0.343 e. The van der Waals surface area contributed by atoms with E-state index in [1.807, 2.05) is 18.2 Å². The molecule has 0 fully saturated rings. The highest BCUT2D eigenvalue weighted by Gasteiger charge is 2.07. The molecule has 74 valence electrons. The number of amidine groups is 1. The number of rotatable bonds is 1. The molecular formula is C10H10ClIN2. The van der Waals surface area contributed by atoms with Crippen LogP contribution in [0.5, 0.6) is 0 Å². The molecule has 2 nitrogen and oxygen atoms in total. The lowest BCUT2D eigenvalue weighted by molar-refractivity contribution is 0.951. The third-order valence-corrected chi connectivity index (χ3v) is 3.21. The maximum absolute atomic E-state index is 5.87. The van der Waals surface area contributed by atoms with Gasteiger partial charge in [-0.1, -0.05) is 11.6 Å². The van der Waals surface area contributed by atoms with Crippen molar-refractivity contribution in [1.29, 1.82) is 0 Å². The van der Waals surface area contributed by atoms with Gasteiger partial charge in [-0.15, -0.1) is 0 Å². The molecule has 2 rings (SSSR count). The van der Waals surface area contributed by atoms with Crippen LogP contribution in [0.25, 0.3) is 0 Å². The van der Waals surface area contributed by atoms with Crippen molar-refractivity contribution in [3.8, 4) is 0 Å². The summed E-state index contributed by atoms with van der Waals surface area (Å²) in [5, 5.41) is 4.09. The summed E-state index contributed by atoms with van der Waals surface area (Å²) < 4.78 is 1.13. The Balaban J connectivity index is 2.16. The number of aliphatic imine (C=N–C) groups is 1. The maximum atomic E-state index is 5.87. The summed E-state index contributed by atoms with van der Waals surface area (Å²) in [6.07, 6.45) is 2.21. The highest BCUT2D eigenvalue weighted by molar-refractivity contribution is 14.1. The molecule has 1 N–H and O–H groups in total. The average molecular weight is 321 g/mol. The summed E-state index contributed by atoms with van der Waals surface area (Å²) in [4.78, 5) is 4.36. The van der Waals surface area contributed by atoms with Crippen molar-refractivity contribution < 1.29 is 0 Å². The lowest BCUT2D eigenvalue weighted by atomic mass is 10.3. The number of halogens is 2. The van der Waals surface area contributed by atoms with E-state index < -0.39 is 0 Å². The van der Waals surface area contributed by atoms with Crippen molar-refractivity contribution in [2.24, 2.45) is 4.99 Å². The Morgan fingerprint density at radius 2 is 2.29 bits per heavy atom. The molecular weight excluding hydrogens is 310 g/mol. The quantitative estimate of drug-likeness (QED) is 0.786. The van der Waals surface area contributed by atoms with E-state index in [2.05, 4.69) is 32.9 Å². The fraction of sp³-hybridized carbons (Fsp3) is 0.300. The van der Waals surface area contributed by atoms with Gasteiger partial charge in [0.2, 0.25) is 0 Å². The Labute approximate surface area is 102 Å². The van der Waals surface area contributed by atoms with Crippen LogP contribution < -0.4 is 5.32 Å². The molecule has 0 amide bonds. The second kappa shape index (κ2) is 4.49. The van der Waals surface area contributed by atoms with E-state index in [0.29, 0.717) is 0 Å². The van der Waals surface area contributed by atoms with Gasteiger partial charge in [0.25, 0.3) is 0 Å². The number of nitrogens with one attached hydrogen (secondary N) is 1. The van der Waals surface area contributed by atoms with Crippen molar-refractivity contribution in [2.45, 2.75) is 12.8 Å².